The number of aliphatic hydroxyl groups is 1. The maximum absolute atomic E-state index is 13.8. The smallest absolute Gasteiger partial charge is 0.226 e. The second-order valence-corrected chi connectivity index (χ2v) is 6.19. The molecule has 2 N–H and O–H groups in total. The molecule has 1 fully saturated rings. The van der Waals surface area contributed by atoms with Crippen LogP contribution < -0.4 is 10.1 Å². The van der Waals surface area contributed by atoms with E-state index in [-0.39, 0.29) is 24.3 Å². The van der Waals surface area contributed by atoms with Gasteiger partial charge in [0.2, 0.25) is 5.91 Å². The molecule has 132 valence electrons. The highest BCUT2D eigenvalue weighted by Crippen LogP contribution is 2.41. The van der Waals surface area contributed by atoms with Gasteiger partial charge in [0.25, 0.3) is 0 Å². The van der Waals surface area contributed by atoms with E-state index in [1.807, 2.05) is 0 Å². The largest absolute Gasteiger partial charge is 0.496 e. The van der Waals surface area contributed by atoms with Gasteiger partial charge in [0.05, 0.1) is 31.4 Å². The molecule has 0 radical (unpaired) electrons. The van der Waals surface area contributed by atoms with Gasteiger partial charge in [-0.3, -0.25) is 14.8 Å². The number of nitrogens with zero attached hydrogens (tertiary/aromatic N) is 2. The van der Waals surface area contributed by atoms with Gasteiger partial charge in [-0.05, 0) is 37.0 Å². The molecule has 0 unspecified atom stereocenters. The Morgan fingerprint density at radius 1 is 1.44 bits per heavy atom. The number of aliphatic hydroxyl groups excluding tert-OH is 1. The topological polar surface area (TPSA) is 84.3 Å². The number of carbonyl (C=O) groups excluding carboxylic acids is 1. The minimum absolute atomic E-state index is 0.0245. The Hall–Kier alpha value is -2.54. The first-order valence-electron chi connectivity index (χ1n) is 8.12. The van der Waals surface area contributed by atoms with Crippen molar-refractivity contribution in [1.29, 1.82) is 0 Å². The normalized spacial score (nSPS) is 20.4. The third kappa shape index (κ3) is 4.11. The first kappa shape index (κ1) is 17.3. The van der Waals surface area contributed by atoms with Crippen LogP contribution in [-0.4, -0.2) is 34.2 Å². The van der Waals surface area contributed by atoms with E-state index in [2.05, 4.69) is 15.3 Å². The molecule has 1 aromatic heterocycles. The molecule has 25 heavy (non-hydrogen) atoms. The zero-order valence-electron chi connectivity index (χ0n) is 13.9. The fraction of sp³-hybridized carbons (Fsp3) is 0.389. The predicted molar refractivity (Wildman–Crippen MR) is 88.3 cm³/mol. The van der Waals surface area contributed by atoms with E-state index in [1.165, 1.54) is 37.8 Å². The number of halogens is 1. The number of nitrogens with one attached hydrogen (secondary N) is 1. The number of carbonyl (C=O) groups is 1. The zero-order valence-corrected chi connectivity index (χ0v) is 13.9. The summed E-state index contributed by atoms with van der Waals surface area (Å²) in [6.07, 6.45) is 5.40. The molecule has 1 aliphatic rings. The van der Waals surface area contributed by atoms with Gasteiger partial charge in [0, 0.05) is 24.2 Å². The molecule has 6 nitrogen and oxygen atoms in total. The Balaban J connectivity index is 1.81. The van der Waals surface area contributed by atoms with Crippen LogP contribution in [0.1, 0.15) is 30.1 Å². The Bertz CT molecular complexity index is 736. The van der Waals surface area contributed by atoms with Crippen molar-refractivity contribution in [3.8, 4) is 5.75 Å². The van der Waals surface area contributed by atoms with Crippen molar-refractivity contribution in [2.45, 2.75) is 31.4 Å². The molecule has 3 rings (SSSR count). The maximum atomic E-state index is 13.8. The van der Waals surface area contributed by atoms with Crippen LogP contribution in [0.3, 0.4) is 0 Å². The van der Waals surface area contributed by atoms with Crippen molar-refractivity contribution in [2.24, 2.45) is 5.92 Å². The van der Waals surface area contributed by atoms with Gasteiger partial charge < -0.3 is 15.2 Å². The third-order valence-electron chi connectivity index (χ3n) is 4.42. The van der Waals surface area contributed by atoms with Crippen LogP contribution in [-0.2, 0) is 11.2 Å². The second kappa shape index (κ2) is 7.57. The van der Waals surface area contributed by atoms with Gasteiger partial charge in [-0.25, -0.2) is 4.39 Å². The average Bonchev–Trinajstić information content (AvgIpc) is 2.58. The van der Waals surface area contributed by atoms with Gasteiger partial charge in [0.15, 0.2) is 0 Å². The molecule has 1 saturated carbocycles. The molecular formula is C18H20FN3O3. The molecule has 0 spiro atoms. The summed E-state index contributed by atoms with van der Waals surface area (Å²) in [6.45, 7) is 0. The molecule has 0 aliphatic heterocycles. The van der Waals surface area contributed by atoms with E-state index in [9.17, 15) is 14.3 Å². The fourth-order valence-electron chi connectivity index (χ4n) is 3.11. The first-order valence-corrected chi connectivity index (χ1v) is 8.12. The summed E-state index contributed by atoms with van der Waals surface area (Å²) in [5.41, 5.74) is 1.13. The second-order valence-electron chi connectivity index (χ2n) is 6.19. The highest BCUT2D eigenvalue weighted by molar-refractivity contribution is 5.78. The number of amides is 1. The minimum Gasteiger partial charge on any atom is -0.496 e. The number of ether oxygens (including phenoxy) is 1. The number of methoxy groups -OCH3 is 1. The summed E-state index contributed by atoms with van der Waals surface area (Å²) in [5.74, 6) is -0.105. The monoisotopic (exact) mass is 345 g/mol. The zero-order chi connectivity index (χ0) is 17.8. The van der Waals surface area contributed by atoms with E-state index < -0.39 is 11.9 Å². The molecule has 7 heteroatoms. The summed E-state index contributed by atoms with van der Waals surface area (Å²) in [5, 5.41) is 12.6. The summed E-state index contributed by atoms with van der Waals surface area (Å²) in [7, 11) is 1.50. The molecule has 2 aromatic rings. The first-order chi connectivity index (χ1) is 12.1. The Morgan fingerprint density at radius 2 is 2.24 bits per heavy atom. The summed E-state index contributed by atoms with van der Waals surface area (Å²) < 4.78 is 19.1. The molecule has 1 amide bonds. The number of hydrogen-bond donors (Lipinski definition) is 2. The van der Waals surface area contributed by atoms with Crippen LogP contribution in [0, 0.1) is 11.7 Å². The summed E-state index contributed by atoms with van der Waals surface area (Å²) in [4.78, 5) is 20.5. The van der Waals surface area contributed by atoms with Gasteiger partial charge in [0.1, 0.15) is 11.6 Å². The van der Waals surface area contributed by atoms with Crippen molar-refractivity contribution in [1.82, 2.24) is 15.3 Å². The van der Waals surface area contributed by atoms with Gasteiger partial charge in [-0.15, -0.1) is 0 Å². The highest BCUT2D eigenvalue weighted by atomic mass is 19.1. The molecule has 1 aliphatic carbocycles. The Labute approximate surface area is 145 Å². The van der Waals surface area contributed by atoms with Crippen LogP contribution in [0.4, 0.5) is 4.39 Å². The maximum Gasteiger partial charge on any atom is 0.226 e. The third-order valence-corrected chi connectivity index (χ3v) is 4.42. The molecule has 0 saturated heterocycles. The van der Waals surface area contributed by atoms with Gasteiger partial charge >= 0.3 is 0 Å². The van der Waals surface area contributed by atoms with E-state index in [1.54, 1.807) is 6.07 Å². The minimum atomic E-state index is -0.432. The quantitative estimate of drug-likeness (QED) is 0.834. The van der Waals surface area contributed by atoms with Crippen LogP contribution in [0.25, 0.3) is 0 Å². The number of rotatable bonds is 6. The number of hydrogen-bond acceptors (Lipinski definition) is 5. The molecule has 1 aromatic carbocycles. The SMILES string of the molecule is COc1ccc(F)cc1[C@@H](NC(=O)Cc1cnccn1)C1CC(O)C1. The lowest BCUT2D eigenvalue weighted by Gasteiger charge is -2.38. The Morgan fingerprint density at radius 3 is 2.88 bits per heavy atom. The molecule has 0 bridgehead atoms. The van der Waals surface area contributed by atoms with Crippen molar-refractivity contribution in [3.05, 3.63) is 53.9 Å². The van der Waals surface area contributed by atoms with E-state index in [0.717, 1.165) is 0 Å². The van der Waals surface area contributed by atoms with Crippen LogP contribution in [0.15, 0.2) is 36.8 Å². The van der Waals surface area contributed by atoms with E-state index in [0.29, 0.717) is 29.8 Å². The lowest BCUT2D eigenvalue weighted by molar-refractivity contribution is -0.122. The van der Waals surface area contributed by atoms with Crippen LogP contribution >= 0.6 is 0 Å². The van der Waals surface area contributed by atoms with Crippen LogP contribution in [0.5, 0.6) is 5.75 Å². The van der Waals surface area contributed by atoms with Crippen molar-refractivity contribution >= 4 is 5.91 Å². The van der Waals surface area contributed by atoms with E-state index in [4.69, 9.17) is 4.74 Å². The average molecular weight is 345 g/mol. The van der Waals surface area contributed by atoms with Gasteiger partial charge in [-0.1, -0.05) is 0 Å². The Kier molecular flexibility index (Phi) is 5.23. The number of aromatic nitrogens is 2. The van der Waals surface area contributed by atoms with Crippen LogP contribution in [0.2, 0.25) is 0 Å². The van der Waals surface area contributed by atoms with E-state index >= 15 is 0 Å². The highest BCUT2D eigenvalue weighted by Gasteiger charge is 2.37. The summed E-state index contributed by atoms with van der Waals surface area (Å²) in [6, 6.07) is 3.80. The van der Waals surface area contributed by atoms with Crippen molar-refractivity contribution in [2.75, 3.05) is 7.11 Å². The lowest BCUT2D eigenvalue weighted by atomic mass is 9.74. The fourth-order valence-corrected chi connectivity index (χ4v) is 3.11. The lowest BCUT2D eigenvalue weighted by Crippen LogP contribution is -2.42. The molecule has 1 atom stereocenters. The summed E-state index contributed by atoms with van der Waals surface area (Å²) >= 11 is 0. The molecule has 1 heterocycles. The van der Waals surface area contributed by atoms with Crippen molar-refractivity contribution < 1.29 is 19.0 Å². The van der Waals surface area contributed by atoms with Gasteiger partial charge in [-0.2, -0.15) is 0 Å². The predicted octanol–water partition coefficient (Wildman–Crippen LogP) is 1.80. The van der Waals surface area contributed by atoms with Crippen molar-refractivity contribution in [3.63, 3.8) is 0 Å². The number of benzene rings is 1. The standard InChI is InChI=1S/C18H20FN3O3/c1-25-16-3-2-12(19)8-15(16)18(11-6-14(23)7-11)22-17(24)9-13-10-20-4-5-21-13/h2-5,8,10-11,14,18,23H,6-7,9H2,1H3,(H,22,24)/t11?,14?,18-/m0/s1. The molecular weight excluding hydrogens is 325 g/mol.